The Morgan fingerprint density at radius 3 is 1.88 bits per heavy atom. The molecule has 1 fully saturated rings. The SMILES string of the molecule is C[N+]1(C)CCN(CCO)CC1.O=S(=O)(O)O. The van der Waals surface area contributed by atoms with Crippen molar-refractivity contribution < 1.29 is 27.1 Å². The second-order valence-electron chi connectivity index (χ2n) is 4.40. The van der Waals surface area contributed by atoms with Crippen molar-refractivity contribution >= 4 is 10.4 Å². The molecule has 0 unspecified atom stereocenters. The van der Waals surface area contributed by atoms with E-state index in [1.54, 1.807) is 0 Å². The molecule has 1 rings (SSSR count). The Hall–Kier alpha value is -0.250. The average Bonchev–Trinajstić information content (AvgIpc) is 2.06. The van der Waals surface area contributed by atoms with E-state index in [2.05, 4.69) is 19.0 Å². The lowest BCUT2D eigenvalue weighted by atomic mass is 10.3. The van der Waals surface area contributed by atoms with Gasteiger partial charge in [-0.2, -0.15) is 8.42 Å². The normalized spacial score (nSPS) is 21.1. The molecule has 0 bridgehead atoms. The molecular weight excluding hydrogens is 236 g/mol. The summed E-state index contributed by atoms with van der Waals surface area (Å²) >= 11 is 0. The summed E-state index contributed by atoms with van der Waals surface area (Å²) in [6, 6.07) is 0. The quantitative estimate of drug-likeness (QED) is 0.421. The van der Waals surface area contributed by atoms with Crippen LogP contribution in [-0.2, 0) is 10.4 Å². The van der Waals surface area contributed by atoms with Crippen LogP contribution in [0.2, 0.25) is 0 Å². The minimum absolute atomic E-state index is 0.299. The van der Waals surface area contributed by atoms with Crippen LogP contribution in [0.4, 0.5) is 0 Å². The summed E-state index contributed by atoms with van der Waals surface area (Å²) in [5.41, 5.74) is 0. The van der Waals surface area contributed by atoms with Crippen molar-refractivity contribution in [3.8, 4) is 0 Å². The third-order valence-corrected chi connectivity index (χ3v) is 2.46. The summed E-state index contributed by atoms with van der Waals surface area (Å²) in [6.45, 7) is 5.83. The second kappa shape index (κ2) is 6.48. The van der Waals surface area contributed by atoms with E-state index in [0.29, 0.717) is 6.61 Å². The Morgan fingerprint density at radius 1 is 1.19 bits per heavy atom. The Bertz CT molecular complexity index is 273. The molecule has 0 amide bonds. The molecule has 0 spiro atoms. The molecule has 0 aliphatic carbocycles. The minimum atomic E-state index is -4.67. The number of aliphatic hydroxyl groups excluding tert-OH is 1. The number of piperazine rings is 1. The highest BCUT2D eigenvalue weighted by Gasteiger charge is 2.23. The van der Waals surface area contributed by atoms with Gasteiger partial charge in [-0.25, -0.2) is 0 Å². The van der Waals surface area contributed by atoms with E-state index in [-0.39, 0.29) is 0 Å². The maximum atomic E-state index is 8.74. The first-order valence-electron chi connectivity index (χ1n) is 4.99. The lowest BCUT2D eigenvalue weighted by molar-refractivity contribution is -0.894. The summed E-state index contributed by atoms with van der Waals surface area (Å²) in [4.78, 5) is 2.32. The van der Waals surface area contributed by atoms with Gasteiger partial charge in [0.2, 0.25) is 0 Å². The molecule has 8 heteroatoms. The zero-order valence-corrected chi connectivity index (χ0v) is 10.5. The van der Waals surface area contributed by atoms with Crippen LogP contribution < -0.4 is 0 Å². The monoisotopic (exact) mass is 257 g/mol. The van der Waals surface area contributed by atoms with Crippen LogP contribution in [0.1, 0.15) is 0 Å². The molecule has 3 N–H and O–H groups in total. The molecule has 98 valence electrons. The third kappa shape index (κ3) is 10.3. The van der Waals surface area contributed by atoms with E-state index < -0.39 is 10.4 Å². The minimum Gasteiger partial charge on any atom is -0.395 e. The largest absolute Gasteiger partial charge is 0.395 e. The van der Waals surface area contributed by atoms with Crippen LogP contribution in [-0.4, -0.2) is 85.4 Å². The maximum absolute atomic E-state index is 8.74. The van der Waals surface area contributed by atoms with Crippen molar-refractivity contribution in [2.75, 3.05) is 53.4 Å². The standard InChI is InChI=1S/C8H19N2O.H2O4S/c1-10(2)6-3-9(4-7-10)5-8-11;1-5(2,3)4/h11H,3-8H2,1-2H3;(H2,1,2,3,4)/q+1;. The molecule has 1 saturated heterocycles. The number of quaternary nitrogens is 1. The summed E-state index contributed by atoms with van der Waals surface area (Å²) < 4.78 is 32.7. The molecule has 0 atom stereocenters. The van der Waals surface area contributed by atoms with E-state index in [9.17, 15) is 0 Å². The molecule has 0 aromatic rings. The second-order valence-corrected chi connectivity index (χ2v) is 5.29. The number of aliphatic hydroxyl groups is 1. The highest BCUT2D eigenvalue weighted by atomic mass is 32.3. The van der Waals surface area contributed by atoms with Crippen molar-refractivity contribution in [3.63, 3.8) is 0 Å². The first-order chi connectivity index (χ1) is 7.14. The van der Waals surface area contributed by atoms with Gasteiger partial charge < -0.3 is 9.59 Å². The van der Waals surface area contributed by atoms with Crippen LogP contribution in [0.25, 0.3) is 0 Å². The maximum Gasteiger partial charge on any atom is 0.394 e. The number of nitrogens with zero attached hydrogens (tertiary/aromatic N) is 2. The zero-order valence-electron chi connectivity index (χ0n) is 9.70. The molecule has 0 aromatic carbocycles. The summed E-state index contributed by atoms with van der Waals surface area (Å²) in [5, 5.41) is 8.70. The molecule has 7 nitrogen and oxygen atoms in total. The number of hydrogen-bond acceptors (Lipinski definition) is 4. The topological polar surface area (TPSA) is 98.1 Å². The Balaban J connectivity index is 0.000000385. The summed E-state index contributed by atoms with van der Waals surface area (Å²) in [6.07, 6.45) is 0. The predicted octanol–water partition coefficient (Wildman–Crippen LogP) is -1.28. The third-order valence-electron chi connectivity index (χ3n) is 2.46. The predicted molar refractivity (Wildman–Crippen MR) is 59.5 cm³/mol. The van der Waals surface area contributed by atoms with Gasteiger partial charge in [0, 0.05) is 19.6 Å². The fraction of sp³-hybridized carbons (Fsp3) is 1.00. The van der Waals surface area contributed by atoms with Gasteiger partial charge in [-0.05, 0) is 0 Å². The van der Waals surface area contributed by atoms with Crippen molar-refractivity contribution in [1.82, 2.24) is 4.90 Å². The molecule has 0 aromatic heterocycles. The molecule has 0 saturated carbocycles. The van der Waals surface area contributed by atoms with Crippen molar-refractivity contribution in [2.45, 2.75) is 0 Å². The molecule has 0 radical (unpaired) electrons. The van der Waals surface area contributed by atoms with Gasteiger partial charge in [0.05, 0.1) is 33.8 Å². The van der Waals surface area contributed by atoms with Gasteiger partial charge in [-0.15, -0.1) is 0 Å². The van der Waals surface area contributed by atoms with E-state index in [1.165, 1.54) is 13.1 Å². The van der Waals surface area contributed by atoms with Crippen LogP contribution in [0.5, 0.6) is 0 Å². The molecule has 16 heavy (non-hydrogen) atoms. The highest BCUT2D eigenvalue weighted by Crippen LogP contribution is 2.05. The van der Waals surface area contributed by atoms with E-state index in [1.807, 2.05) is 0 Å². The van der Waals surface area contributed by atoms with Gasteiger partial charge in [-0.1, -0.05) is 0 Å². The highest BCUT2D eigenvalue weighted by molar-refractivity contribution is 7.79. The number of rotatable bonds is 2. The fourth-order valence-corrected chi connectivity index (χ4v) is 1.41. The Labute approximate surface area is 96.4 Å². The molecule has 1 aliphatic heterocycles. The first-order valence-corrected chi connectivity index (χ1v) is 6.39. The Morgan fingerprint density at radius 2 is 1.56 bits per heavy atom. The van der Waals surface area contributed by atoms with Crippen LogP contribution >= 0.6 is 0 Å². The van der Waals surface area contributed by atoms with Gasteiger partial charge in [-0.3, -0.25) is 14.0 Å². The van der Waals surface area contributed by atoms with Gasteiger partial charge >= 0.3 is 10.4 Å². The average molecular weight is 257 g/mol. The van der Waals surface area contributed by atoms with Crippen LogP contribution in [0.3, 0.4) is 0 Å². The fourth-order valence-electron chi connectivity index (χ4n) is 1.41. The van der Waals surface area contributed by atoms with Crippen LogP contribution in [0, 0.1) is 0 Å². The van der Waals surface area contributed by atoms with Gasteiger partial charge in [0.15, 0.2) is 0 Å². The van der Waals surface area contributed by atoms with Crippen molar-refractivity contribution in [2.24, 2.45) is 0 Å². The smallest absolute Gasteiger partial charge is 0.394 e. The first kappa shape index (κ1) is 15.8. The van der Waals surface area contributed by atoms with E-state index in [4.69, 9.17) is 22.6 Å². The summed E-state index contributed by atoms with van der Waals surface area (Å²) in [5.74, 6) is 0. The van der Waals surface area contributed by atoms with Crippen molar-refractivity contribution in [3.05, 3.63) is 0 Å². The molecular formula is C8H21N2O5S+. The Kier molecular flexibility index (Phi) is 6.38. The van der Waals surface area contributed by atoms with Crippen molar-refractivity contribution in [1.29, 1.82) is 0 Å². The number of β-amino-alcohol motifs (C(OH)–C–C–N with tert-alkyl or cyclic N) is 1. The molecule has 1 aliphatic rings. The summed E-state index contributed by atoms with van der Waals surface area (Å²) in [7, 11) is -0.146. The number of likely N-dealkylation sites (N-methyl/N-ethyl adjacent to an activating group) is 1. The van der Waals surface area contributed by atoms with E-state index >= 15 is 0 Å². The van der Waals surface area contributed by atoms with Crippen LogP contribution in [0.15, 0.2) is 0 Å². The van der Waals surface area contributed by atoms with Gasteiger partial charge in [0.25, 0.3) is 0 Å². The van der Waals surface area contributed by atoms with Gasteiger partial charge in [0.1, 0.15) is 0 Å². The molecule has 1 heterocycles. The number of hydrogen-bond donors (Lipinski definition) is 3. The lowest BCUT2D eigenvalue weighted by Crippen LogP contribution is -2.55. The zero-order chi connectivity index (χ0) is 12.8. The lowest BCUT2D eigenvalue weighted by Gasteiger charge is -2.38. The van der Waals surface area contributed by atoms with E-state index in [0.717, 1.165) is 24.1 Å².